The number of anilines is 3. The van der Waals surface area contributed by atoms with E-state index in [1.807, 2.05) is 42.5 Å². The highest BCUT2D eigenvalue weighted by molar-refractivity contribution is 6.07. The third-order valence-electron chi connectivity index (χ3n) is 4.80. The first-order valence-electron chi connectivity index (χ1n) is 9.75. The second-order valence-corrected chi connectivity index (χ2v) is 8.08. The van der Waals surface area contributed by atoms with Crippen molar-refractivity contribution in [1.29, 1.82) is 0 Å². The molecule has 0 spiro atoms. The van der Waals surface area contributed by atoms with E-state index < -0.39 is 0 Å². The minimum Gasteiger partial charge on any atom is -0.340 e. The summed E-state index contributed by atoms with van der Waals surface area (Å²) < 4.78 is 0. The molecule has 0 bridgehead atoms. The number of nitrogens with one attached hydrogen (secondary N) is 2. The average Bonchev–Trinajstić information content (AvgIpc) is 2.74. The maximum absolute atomic E-state index is 12.8. The highest BCUT2D eigenvalue weighted by Gasteiger charge is 2.14. The second-order valence-electron chi connectivity index (χ2n) is 8.08. The lowest BCUT2D eigenvalue weighted by atomic mass is 9.87. The van der Waals surface area contributed by atoms with E-state index in [2.05, 4.69) is 58.5 Å². The number of pyridine rings is 1. The van der Waals surface area contributed by atoms with Crippen LogP contribution in [0.4, 0.5) is 17.2 Å². The number of carbonyl (C=O) groups excluding carboxylic acids is 1. The molecule has 4 rings (SSSR count). The Bertz CT molecular complexity index is 1190. The lowest BCUT2D eigenvalue weighted by molar-refractivity contribution is 0.102. The largest absolute Gasteiger partial charge is 0.340 e. The van der Waals surface area contributed by atoms with Gasteiger partial charge in [-0.3, -0.25) is 9.78 Å². The monoisotopic (exact) mass is 397 g/mol. The molecule has 0 radical (unpaired) electrons. The SMILES string of the molecule is CC(C)(C)c1ccc(Nc2cc(C(=O)Nc3cccc4cccnc34)ncn2)cc1. The van der Waals surface area contributed by atoms with Crippen LogP contribution in [0.5, 0.6) is 0 Å². The Balaban J connectivity index is 1.52. The van der Waals surface area contributed by atoms with Crippen LogP contribution >= 0.6 is 0 Å². The summed E-state index contributed by atoms with van der Waals surface area (Å²) >= 11 is 0. The van der Waals surface area contributed by atoms with Crippen molar-refractivity contribution in [3.63, 3.8) is 0 Å². The Morgan fingerprint density at radius 2 is 1.67 bits per heavy atom. The van der Waals surface area contributed by atoms with Gasteiger partial charge in [0, 0.05) is 23.3 Å². The van der Waals surface area contributed by atoms with Gasteiger partial charge in [-0.05, 0) is 35.2 Å². The summed E-state index contributed by atoms with van der Waals surface area (Å²) in [6.45, 7) is 6.53. The van der Waals surface area contributed by atoms with Crippen molar-refractivity contribution in [2.75, 3.05) is 10.6 Å². The van der Waals surface area contributed by atoms with Gasteiger partial charge in [0.05, 0.1) is 11.2 Å². The number of para-hydroxylation sites is 1. The number of hydrogen-bond acceptors (Lipinski definition) is 5. The topological polar surface area (TPSA) is 79.8 Å². The number of benzene rings is 2. The Morgan fingerprint density at radius 1 is 0.900 bits per heavy atom. The lowest BCUT2D eigenvalue weighted by Crippen LogP contribution is -2.14. The zero-order chi connectivity index (χ0) is 21.1. The van der Waals surface area contributed by atoms with Gasteiger partial charge in [-0.1, -0.05) is 51.1 Å². The number of hydrogen-bond donors (Lipinski definition) is 2. The molecule has 0 saturated carbocycles. The molecule has 0 fully saturated rings. The first-order valence-corrected chi connectivity index (χ1v) is 9.75. The molecule has 0 aliphatic carbocycles. The van der Waals surface area contributed by atoms with Crippen molar-refractivity contribution < 1.29 is 4.79 Å². The third kappa shape index (κ3) is 4.27. The van der Waals surface area contributed by atoms with E-state index in [9.17, 15) is 4.79 Å². The second kappa shape index (κ2) is 7.91. The highest BCUT2D eigenvalue weighted by Crippen LogP contribution is 2.25. The predicted molar refractivity (Wildman–Crippen MR) is 120 cm³/mol. The minimum absolute atomic E-state index is 0.0924. The normalized spacial score (nSPS) is 11.3. The van der Waals surface area contributed by atoms with Crippen molar-refractivity contribution in [2.45, 2.75) is 26.2 Å². The highest BCUT2D eigenvalue weighted by atomic mass is 16.1. The van der Waals surface area contributed by atoms with E-state index in [0.717, 1.165) is 16.6 Å². The molecule has 150 valence electrons. The summed E-state index contributed by atoms with van der Waals surface area (Å²) in [6.07, 6.45) is 3.08. The van der Waals surface area contributed by atoms with Crippen LogP contribution in [-0.4, -0.2) is 20.9 Å². The van der Waals surface area contributed by atoms with Crippen LogP contribution in [0.15, 0.2) is 73.2 Å². The van der Waals surface area contributed by atoms with Gasteiger partial charge in [-0.15, -0.1) is 0 Å². The summed E-state index contributed by atoms with van der Waals surface area (Å²) in [7, 11) is 0. The summed E-state index contributed by atoms with van der Waals surface area (Å²) in [6, 6.07) is 19.3. The number of carbonyl (C=O) groups is 1. The molecular weight excluding hydrogens is 374 g/mol. The molecule has 0 saturated heterocycles. The molecular formula is C24H23N5O. The zero-order valence-corrected chi connectivity index (χ0v) is 17.2. The van der Waals surface area contributed by atoms with Crippen molar-refractivity contribution in [2.24, 2.45) is 0 Å². The molecule has 0 atom stereocenters. The molecule has 2 heterocycles. The number of rotatable bonds is 4. The number of nitrogens with zero attached hydrogens (tertiary/aromatic N) is 3. The zero-order valence-electron chi connectivity index (χ0n) is 17.2. The maximum atomic E-state index is 12.8. The van der Waals surface area contributed by atoms with Crippen LogP contribution in [0, 0.1) is 0 Å². The number of fused-ring (bicyclic) bond motifs is 1. The Hall–Kier alpha value is -3.80. The molecule has 2 aromatic carbocycles. The van der Waals surface area contributed by atoms with Gasteiger partial charge in [0.25, 0.3) is 5.91 Å². The minimum atomic E-state index is -0.318. The molecule has 4 aromatic rings. The molecule has 30 heavy (non-hydrogen) atoms. The standard InChI is InChI=1S/C24H23N5O/c1-24(2,3)17-9-11-18(12-10-17)28-21-14-20(26-15-27-21)23(30)29-19-8-4-6-16-7-5-13-25-22(16)19/h4-15H,1-3H3,(H,29,30)(H,26,27,28). The van der Waals surface area contributed by atoms with Crippen LogP contribution in [0.3, 0.4) is 0 Å². The summed E-state index contributed by atoms with van der Waals surface area (Å²) in [4.78, 5) is 25.5. The van der Waals surface area contributed by atoms with E-state index in [1.165, 1.54) is 11.9 Å². The van der Waals surface area contributed by atoms with E-state index in [0.29, 0.717) is 11.5 Å². The van der Waals surface area contributed by atoms with Crippen LogP contribution in [0.2, 0.25) is 0 Å². The van der Waals surface area contributed by atoms with E-state index in [4.69, 9.17) is 0 Å². The smallest absolute Gasteiger partial charge is 0.274 e. The van der Waals surface area contributed by atoms with Gasteiger partial charge in [-0.2, -0.15) is 0 Å². The first kappa shape index (κ1) is 19.5. The summed E-state index contributed by atoms with van der Waals surface area (Å²) in [5.74, 6) is 0.233. The van der Waals surface area contributed by atoms with E-state index in [-0.39, 0.29) is 17.0 Å². The van der Waals surface area contributed by atoms with Crippen molar-refractivity contribution in [3.8, 4) is 0 Å². The van der Waals surface area contributed by atoms with Crippen molar-refractivity contribution in [1.82, 2.24) is 15.0 Å². The third-order valence-corrected chi connectivity index (χ3v) is 4.80. The fraction of sp³-hybridized carbons (Fsp3) is 0.167. The lowest BCUT2D eigenvalue weighted by Gasteiger charge is -2.19. The van der Waals surface area contributed by atoms with Crippen LogP contribution in [-0.2, 0) is 5.41 Å². The Labute approximate surface area is 175 Å². The van der Waals surface area contributed by atoms with Crippen molar-refractivity contribution in [3.05, 3.63) is 84.4 Å². The van der Waals surface area contributed by atoms with Gasteiger partial charge in [0.1, 0.15) is 17.8 Å². The number of aromatic nitrogens is 3. The Morgan fingerprint density at radius 3 is 2.43 bits per heavy atom. The molecule has 6 heteroatoms. The summed E-state index contributed by atoms with van der Waals surface area (Å²) in [5.41, 5.74) is 3.89. The van der Waals surface area contributed by atoms with Crippen LogP contribution < -0.4 is 10.6 Å². The molecule has 1 amide bonds. The van der Waals surface area contributed by atoms with Crippen LogP contribution in [0.1, 0.15) is 36.8 Å². The average molecular weight is 397 g/mol. The van der Waals surface area contributed by atoms with Gasteiger partial charge in [-0.25, -0.2) is 9.97 Å². The first-order chi connectivity index (χ1) is 14.4. The predicted octanol–water partition coefficient (Wildman–Crippen LogP) is 5.32. The van der Waals surface area contributed by atoms with Gasteiger partial charge < -0.3 is 10.6 Å². The van der Waals surface area contributed by atoms with Crippen LogP contribution in [0.25, 0.3) is 10.9 Å². The van der Waals surface area contributed by atoms with Gasteiger partial charge in [0.2, 0.25) is 0 Å². The summed E-state index contributed by atoms with van der Waals surface area (Å²) in [5, 5.41) is 7.08. The molecule has 6 nitrogen and oxygen atoms in total. The van der Waals surface area contributed by atoms with Gasteiger partial charge >= 0.3 is 0 Å². The Kier molecular flexibility index (Phi) is 5.14. The fourth-order valence-electron chi connectivity index (χ4n) is 3.14. The quantitative estimate of drug-likeness (QED) is 0.487. The maximum Gasteiger partial charge on any atom is 0.274 e. The molecule has 0 unspecified atom stereocenters. The fourth-order valence-corrected chi connectivity index (χ4v) is 3.14. The molecule has 0 aliphatic heterocycles. The van der Waals surface area contributed by atoms with E-state index >= 15 is 0 Å². The van der Waals surface area contributed by atoms with Gasteiger partial charge in [0.15, 0.2) is 0 Å². The number of amides is 1. The van der Waals surface area contributed by atoms with Crippen molar-refractivity contribution >= 4 is 34.0 Å². The molecule has 2 N–H and O–H groups in total. The molecule has 0 aliphatic rings. The van der Waals surface area contributed by atoms with E-state index in [1.54, 1.807) is 12.3 Å². The molecule has 2 aromatic heterocycles.